The summed E-state index contributed by atoms with van der Waals surface area (Å²) in [4.78, 5) is 0. The lowest BCUT2D eigenvalue weighted by Gasteiger charge is -2.12. The van der Waals surface area contributed by atoms with E-state index in [4.69, 9.17) is 33.2 Å². The van der Waals surface area contributed by atoms with Crippen molar-refractivity contribution in [2.45, 2.75) is 13.0 Å². The highest BCUT2D eigenvalue weighted by molar-refractivity contribution is 6.33. The van der Waals surface area contributed by atoms with E-state index in [1.165, 1.54) is 0 Å². The van der Waals surface area contributed by atoms with E-state index in [2.05, 4.69) is 11.4 Å². The number of rotatable bonds is 3. The molecule has 2 aromatic rings. The van der Waals surface area contributed by atoms with Gasteiger partial charge in [-0.2, -0.15) is 5.26 Å². The summed E-state index contributed by atoms with van der Waals surface area (Å²) in [7, 11) is 0. The first-order chi connectivity index (χ1) is 10.2. The molecule has 1 aliphatic rings. The molecule has 3 nitrogen and oxygen atoms in total. The molecule has 0 saturated heterocycles. The number of nitrogens with one attached hydrogen (secondary N) is 1. The molecule has 0 fully saturated rings. The molecule has 3 rings (SSSR count). The van der Waals surface area contributed by atoms with Crippen molar-refractivity contribution in [1.82, 2.24) is 0 Å². The third-order valence-corrected chi connectivity index (χ3v) is 3.94. The molecule has 0 aromatic heterocycles. The van der Waals surface area contributed by atoms with Crippen molar-refractivity contribution in [3.8, 4) is 11.8 Å². The van der Waals surface area contributed by atoms with Crippen LogP contribution >= 0.6 is 23.2 Å². The number of benzene rings is 2. The van der Waals surface area contributed by atoms with Gasteiger partial charge < -0.3 is 10.1 Å². The van der Waals surface area contributed by atoms with Crippen molar-refractivity contribution < 1.29 is 4.74 Å². The Balaban J connectivity index is 1.85. The molecule has 21 heavy (non-hydrogen) atoms. The molecule has 0 atom stereocenters. The van der Waals surface area contributed by atoms with Crippen LogP contribution in [0, 0.1) is 11.3 Å². The fraction of sp³-hybridized carbons (Fsp3) is 0.188. The Kier molecular flexibility index (Phi) is 3.92. The van der Waals surface area contributed by atoms with Crippen LogP contribution in [-0.2, 0) is 13.0 Å². The fourth-order valence-electron chi connectivity index (χ4n) is 2.40. The molecule has 0 amide bonds. The fourth-order valence-corrected chi connectivity index (χ4v) is 2.85. The monoisotopic (exact) mass is 318 g/mol. The second-order valence-corrected chi connectivity index (χ2v) is 5.66. The minimum atomic E-state index is 0.539. The number of ether oxygens (including phenoxy) is 1. The van der Waals surface area contributed by atoms with Crippen molar-refractivity contribution in [1.29, 1.82) is 5.26 Å². The summed E-state index contributed by atoms with van der Waals surface area (Å²) in [6.45, 7) is 1.23. The zero-order chi connectivity index (χ0) is 14.8. The molecule has 1 aliphatic heterocycles. The first kappa shape index (κ1) is 14.1. The first-order valence-electron chi connectivity index (χ1n) is 6.55. The molecule has 1 N–H and O–H groups in total. The summed E-state index contributed by atoms with van der Waals surface area (Å²) in [6.07, 6.45) is 0.883. The summed E-state index contributed by atoms with van der Waals surface area (Å²) >= 11 is 12.3. The van der Waals surface area contributed by atoms with Gasteiger partial charge in [0.1, 0.15) is 5.75 Å². The number of halogens is 2. The van der Waals surface area contributed by atoms with Crippen molar-refractivity contribution in [3.63, 3.8) is 0 Å². The maximum atomic E-state index is 8.94. The third-order valence-electron chi connectivity index (χ3n) is 3.39. The normalized spacial score (nSPS) is 12.4. The zero-order valence-corrected chi connectivity index (χ0v) is 12.6. The van der Waals surface area contributed by atoms with Crippen LogP contribution < -0.4 is 10.1 Å². The van der Waals surface area contributed by atoms with E-state index in [1.807, 2.05) is 12.1 Å². The maximum absolute atomic E-state index is 8.94. The van der Waals surface area contributed by atoms with Gasteiger partial charge in [-0.15, -0.1) is 0 Å². The molecule has 0 aliphatic carbocycles. The summed E-state index contributed by atoms with van der Waals surface area (Å²) in [5.41, 5.74) is 3.42. The predicted molar refractivity (Wildman–Crippen MR) is 84.1 cm³/mol. The highest BCUT2D eigenvalue weighted by Gasteiger charge is 2.17. The molecule has 2 aromatic carbocycles. The van der Waals surface area contributed by atoms with Crippen LogP contribution in [0.3, 0.4) is 0 Å². The number of hydrogen-bond acceptors (Lipinski definition) is 3. The molecule has 0 spiro atoms. The lowest BCUT2D eigenvalue weighted by Crippen LogP contribution is -2.02. The van der Waals surface area contributed by atoms with Gasteiger partial charge in [-0.25, -0.2) is 0 Å². The van der Waals surface area contributed by atoms with E-state index in [0.29, 0.717) is 28.8 Å². The topological polar surface area (TPSA) is 45.0 Å². The summed E-state index contributed by atoms with van der Waals surface area (Å²) in [6, 6.07) is 11.1. The minimum absolute atomic E-state index is 0.539. The molecular formula is C16H12Cl2N2O. The second kappa shape index (κ2) is 5.85. The Bertz CT molecular complexity index is 738. The van der Waals surface area contributed by atoms with Gasteiger partial charge in [-0.1, -0.05) is 23.2 Å². The number of nitriles is 1. The van der Waals surface area contributed by atoms with Gasteiger partial charge in [0.15, 0.2) is 0 Å². The van der Waals surface area contributed by atoms with Crippen molar-refractivity contribution in [3.05, 3.63) is 57.1 Å². The van der Waals surface area contributed by atoms with Crippen LogP contribution in [0.2, 0.25) is 10.0 Å². The largest absolute Gasteiger partial charge is 0.493 e. The molecule has 1 heterocycles. The van der Waals surface area contributed by atoms with E-state index in [-0.39, 0.29) is 0 Å². The van der Waals surface area contributed by atoms with Crippen LogP contribution in [0.1, 0.15) is 16.7 Å². The molecule has 0 bridgehead atoms. The van der Waals surface area contributed by atoms with E-state index in [1.54, 1.807) is 18.2 Å². The van der Waals surface area contributed by atoms with Gasteiger partial charge in [0.2, 0.25) is 0 Å². The molecule has 0 saturated carbocycles. The van der Waals surface area contributed by atoms with Gasteiger partial charge in [-0.05, 0) is 35.9 Å². The Morgan fingerprint density at radius 1 is 1.24 bits per heavy atom. The van der Waals surface area contributed by atoms with E-state index in [0.717, 1.165) is 29.0 Å². The van der Waals surface area contributed by atoms with Crippen LogP contribution in [0.5, 0.6) is 5.75 Å². The second-order valence-electron chi connectivity index (χ2n) is 4.81. The highest BCUT2D eigenvalue weighted by atomic mass is 35.5. The summed E-state index contributed by atoms with van der Waals surface area (Å²) in [5, 5.41) is 13.5. The van der Waals surface area contributed by atoms with Crippen molar-refractivity contribution in [2.24, 2.45) is 0 Å². The lowest BCUT2D eigenvalue weighted by molar-refractivity contribution is 0.354. The van der Waals surface area contributed by atoms with Crippen molar-refractivity contribution in [2.75, 3.05) is 11.9 Å². The number of fused-ring (bicyclic) bond motifs is 1. The Morgan fingerprint density at radius 2 is 2.10 bits per heavy atom. The number of hydrogen-bond donors (Lipinski definition) is 1. The summed E-state index contributed by atoms with van der Waals surface area (Å²) < 4.78 is 5.66. The molecular weight excluding hydrogens is 307 g/mol. The molecule has 0 radical (unpaired) electrons. The average molecular weight is 319 g/mol. The smallest absolute Gasteiger partial charge is 0.127 e. The Labute approximate surface area is 133 Å². The Morgan fingerprint density at radius 3 is 2.90 bits per heavy atom. The maximum Gasteiger partial charge on any atom is 0.127 e. The number of nitrogens with zero attached hydrogens (tertiary/aromatic N) is 1. The van der Waals surface area contributed by atoms with Gasteiger partial charge in [0, 0.05) is 23.6 Å². The highest BCUT2D eigenvalue weighted by Crippen LogP contribution is 2.33. The molecule has 5 heteroatoms. The SMILES string of the molecule is N#Cc1ccc(Cl)c(NCc2cc(Cl)cc3c2OCC3)c1. The van der Waals surface area contributed by atoms with Crippen LogP contribution in [-0.4, -0.2) is 6.61 Å². The van der Waals surface area contributed by atoms with Gasteiger partial charge in [0.05, 0.1) is 28.9 Å². The average Bonchev–Trinajstić information content (AvgIpc) is 2.94. The zero-order valence-electron chi connectivity index (χ0n) is 11.1. The summed E-state index contributed by atoms with van der Waals surface area (Å²) in [5.74, 6) is 0.902. The van der Waals surface area contributed by atoms with Gasteiger partial charge >= 0.3 is 0 Å². The quantitative estimate of drug-likeness (QED) is 0.911. The minimum Gasteiger partial charge on any atom is -0.493 e. The van der Waals surface area contributed by atoms with Crippen LogP contribution in [0.4, 0.5) is 5.69 Å². The van der Waals surface area contributed by atoms with E-state index >= 15 is 0 Å². The Hall–Kier alpha value is -1.89. The van der Waals surface area contributed by atoms with Crippen LogP contribution in [0.15, 0.2) is 30.3 Å². The first-order valence-corrected chi connectivity index (χ1v) is 7.30. The van der Waals surface area contributed by atoms with Crippen molar-refractivity contribution >= 4 is 28.9 Å². The van der Waals surface area contributed by atoms with E-state index in [9.17, 15) is 0 Å². The molecule has 106 valence electrons. The van der Waals surface area contributed by atoms with Gasteiger partial charge in [0.25, 0.3) is 0 Å². The lowest BCUT2D eigenvalue weighted by atomic mass is 10.1. The van der Waals surface area contributed by atoms with E-state index < -0.39 is 0 Å². The number of anilines is 1. The van der Waals surface area contributed by atoms with Gasteiger partial charge in [-0.3, -0.25) is 0 Å². The molecule has 0 unspecified atom stereocenters. The van der Waals surface area contributed by atoms with Crippen LogP contribution in [0.25, 0.3) is 0 Å². The third kappa shape index (κ3) is 2.92. The standard InChI is InChI=1S/C16H12Cl2N2O/c17-13-6-11-3-4-21-16(11)12(7-13)9-20-15-5-10(8-19)1-2-14(15)18/h1-2,5-7,20H,3-4,9H2. The predicted octanol–water partition coefficient (Wildman–Crippen LogP) is 4.41.